The van der Waals surface area contributed by atoms with Crippen LogP contribution in [0.3, 0.4) is 0 Å². The Balaban J connectivity index is 1.57. The van der Waals surface area contributed by atoms with Crippen LogP contribution in [0.1, 0.15) is 29.6 Å². The number of hydrogen-bond donors (Lipinski definition) is 2. The second kappa shape index (κ2) is 7.21. The molecule has 6 nitrogen and oxygen atoms in total. The van der Waals surface area contributed by atoms with Crippen molar-refractivity contribution in [1.82, 2.24) is 4.90 Å². The molecule has 1 aromatic carbocycles. The fourth-order valence-corrected chi connectivity index (χ4v) is 3.90. The minimum Gasteiger partial charge on any atom is -0.368 e. The van der Waals surface area contributed by atoms with Gasteiger partial charge in [-0.3, -0.25) is 9.59 Å². The molecule has 2 fully saturated rings. The number of piperazine rings is 1. The van der Waals surface area contributed by atoms with Gasteiger partial charge in [0.25, 0.3) is 0 Å². The maximum atomic E-state index is 12.7. The quantitative estimate of drug-likeness (QED) is 0.854. The van der Waals surface area contributed by atoms with Gasteiger partial charge < -0.3 is 21.3 Å². The van der Waals surface area contributed by atoms with E-state index in [-0.39, 0.29) is 11.8 Å². The van der Waals surface area contributed by atoms with Crippen LogP contribution in [0.4, 0.5) is 5.69 Å². The highest BCUT2D eigenvalue weighted by atomic mass is 16.2. The highest BCUT2D eigenvalue weighted by Gasteiger charge is 2.35. The van der Waals surface area contributed by atoms with E-state index in [1.165, 1.54) is 0 Å². The molecule has 0 bridgehead atoms. The topological polar surface area (TPSA) is 92.7 Å². The average Bonchev–Trinajstić information content (AvgIpc) is 3.10. The predicted octanol–water partition coefficient (Wildman–Crippen LogP) is 0.809. The lowest BCUT2D eigenvalue weighted by Crippen LogP contribution is -2.51. The first kappa shape index (κ1) is 16.8. The lowest BCUT2D eigenvalue weighted by Gasteiger charge is -2.38. The molecule has 130 valence electrons. The van der Waals surface area contributed by atoms with Crippen LogP contribution < -0.4 is 16.4 Å². The van der Waals surface area contributed by atoms with Crippen molar-refractivity contribution in [1.29, 1.82) is 0 Å². The molecule has 1 saturated heterocycles. The molecule has 1 heterocycles. The normalized spacial score (nSPS) is 24.2. The van der Waals surface area contributed by atoms with Crippen LogP contribution in [0.15, 0.2) is 24.3 Å². The van der Waals surface area contributed by atoms with Gasteiger partial charge in [-0.15, -0.1) is 0 Å². The molecule has 2 atom stereocenters. The van der Waals surface area contributed by atoms with Gasteiger partial charge in [0, 0.05) is 43.3 Å². The highest BCUT2D eigenvalue weighted by Crippen LogP contribution is 2.32. The predicted molar refractivity (Wildman–Crippen MR) is 93.6 cm³/mol. The molecule has 4 N–H and O–H groups in total. The minimum atomic E-state index is -0.414. The van der Waals surface area contributed by atoms with Crippen LogP contribution in [0.2, 0.25) is 0 Å². The number of carbonyl (C=O) groups excluding carboxylic acids is 2. The fraction of sp³-hybridized carbons (Fsp3) is 0.556. The zero-order valence-corrected chi connectivity index (χ0v) is 14.0. The van der Waals surface area contributed by atoms with E-state index < -0.39 is 5.91 Å². The molecule has 24 heavy (non-hydrogen) atoms. The van der Waals surface area contributed by atoms with Gasteiger partial charge >= 0.3 is 0 Å². The van der Waals surface area contributed by atoms with Crippen LogP contribution in [-0.4, -0.2) is 49.4 Å². The third-order valence-corrected chi connectivity index (χ3v) is 5.39. The second-order valence-corrected chi connectivity index (χ2v) is 6.76. The molecule has 1 saturated carbocycles. The first-order valence-electron chi connectivity index (χ1n) is 8.74. The van der Waals surface area contributed by atoms with Crippen molar-refractivity contribution in [2.75, 3.05) is 37.6 Å². The summed E-state index contributed by atoms with van der Waals surface area (Å²) in [4.78, 5) is 28.1. The van der Waals surface area contributed by atoms with Gasteiger partial charge in [-0.2, -0.15) is 0 Å². The number of hydrogen-bond acceptors (Lipinski definition) is 4. The number of nitrogens with zero attached hydrogens (tertiary/aromatic N) is 2. The smallest absolute Gasteiger partial charge is 0.248 e. The van der Waals surface area contributed by atoms with Crippen molar-refractivity contribution in [3.05, 3.63) is 29.8 Å². The average molecular weight is 330 g/mol. The van der Waals surface area contributed by atoms with E-state index in [0.717, 1.165) is 51.1 Å². The van der Waals surface area contributed by atoms with E-state index in [2.05, 4.69) is 4.90 Å². The van der Waals surface area contributed by atoms with Gasteiger partial charge in [-0.05, 0) is 49.6 Å². The summed E-state index contributed by atoms with van der Waals surface area (Å²) in [5.74, 6) is 0.350. The molecule has 1 aliphatic carbocycles. The molecule has 1 aromatic rings. The number of primary amides is 1. The van der Waals surface area contributed by atoms with Crippen molar-refractivity contribution in [2.45, 2.75) is 19.3 Å². The Hall–Kier alpha value is -2.08. The first-order valence-corrected chi connectivity index (χ1v) is 8.74. The maximum absolute atomic E-state index is 12.7. The van der Waals surface area contributed by atoms with E-state index in [4.69, 9.17) is 11.5 Å². The van der Waals surface area contributed by atoms with Crippen LogP contribution in [-0.2, 0) is 4.79 Å². The Kier molecular flexibility index (Phi) is 5.04. The third kappa shape index (κ3) is 3.38. The van der Waals surface area contributed by atoms with Gasteiger partial charge in [0.2, 0.25) is 11.8 Å². The van der Waals surface area contributed by atoms with Crippen molar-refractivity contribution in [3.8, 4) is 0 Å². The van der Waals surface area contributed by atoms with Gasteiger partial charge in [-0.25, -0.2) is 0 Å². The lowest BCUT2D eigenvalue weighted by molar-refractivity contribution is -0.136. The van der Waals surface area contributed by atoms with E-state index in [1.807, 2.05) is 17.0 Å². The summed E-state index contributed by atoms with van der Waals surface area (Å²) in [6.07, 6.45) is 3.18. The summed E-state index contributed by atoms with van der Waals surface area (Å²) in [7, 11) is 0. The molecule has 2 amide bonds. The molecule has 3 rings (SSSR count). The zero-order chi connectivity index (χ0) is 17.1. The third-order valence-electron chi connectivity index (χ3n) is 5.39. The summed E-state index contributed by atoms with van der Waals surface area (Å²) in [5.41, 5.74) is 12.7. The van der Waals surface area contributed by atoms with E-state index in [0.29, 0.717) is 18.0 Å². The Morgan fingerprint density at radius 1 is 1.04 bits per heavy atom. The lowest BCUT2D eigenvalue weighted by atomic mass is 9.94. The van der Waals surface area contributed by atoms with E-state index >= 15 is 0 Å². The molecule has 2 aliphatic rings. The van der Waals surface area contributed by atoms with Gasteiger partial charge in [-0.1, -0.05) is 6.42 Å². The molecular formula is C18H26N4O2. The standard InChI is InChI=1S/C18H26N4O2/c19-12-14-2-1-3-16(14)18(24)22-10-8-21(9-11-22)15-6-4-13(5-7-15)17(20)23/h4-7,14,16H,1-3,8-12,19H2,(H2,20,23)/t14-,16-/m1/s1. The number of amides is 2. The van der Waals surface area contributed by atoms with Crippen molar-refractivity contribution in [3.63, 3.8) is 0 Å². The highest BCUT2D eigenvalue weighted by molar-refractivity contribution is 5.93. The van der Waals surface area contributed by atoms with E-state index in [9.17, 15) is 9.59 Å². The van der Waals surface area contributed by atoms with Gasteiger partial charge in [0.05, 0.1) is 0 Å². The first-order chi connectivity index (χ1) is 11.6. The number of nitrogens with two attached hydrogens (primary N) is 2. The zero-order valence-electron chi connectivity index (χ0n) is 14.0. The molecule has 1 aliphatic heterocycles. The van der Waals surface area contributed by atoms with Crippen molar-refractivity contribution >= 4 is 17.5 Å². The minimum absolute atomic E-state index is 0.122. The van der Waals surface area contributed by atoms with Crippen LogP contribution >= 0.6 is 0 Å². The van der Waals surface area contributed by atoms with Gasteiger partial charge in [0.1, 0.15) is 0 Å². The van der Waals surface area contributed by atoms with Crippen LogP contribution in [0.25, 0.3) is 0 Å². The Labute approximate surface area is 142 Å². The number of rotatable bonds is 4. The molecule has 0 spiro atoms. The largest absolute Gasteiger partial charge is 0.368 e. The molecule has 0 radical (unpaired) electrons. The monoisotopic (exact) mass is 330 g/mol. The Morgan fingerprint density at radius 3 is 2.29 bits per heavy atom. The summed E-state index contributed by atoms with van der Waals surface area (Å²) < 4.78 is 0. The molecule has 0 unspecified atom stereocenters. The second-order valence-electron chi connectivity index (χ2n) is 6.76. The van der Waals surface area contributed by atoms with Gasteiger partial charge in [0.15, 0.2) is 0 Å². The van der Waals surface area contributed by atoms with E-state index in [1.54, 1.807) is 12.1 Å². The summed E-state index contributed by atoms with van der Waals surface area (Å²) in [5, 5.41) is 0. The number of benzene rings is 1. The Morgan fingerprint density at radius 2 is 1.71 bits per heavy atom. The summed E-state index contributed by atoms with van der Waals surface area (Å²) in [6.45, 7) is 3.71. The van der Waals surface area contributed by atoms with Crippen LogP contribution in [0.5, 0.6) is 0 Å². The molecular weight excluding hydrogens is 304 g/mol. The van der Waals surface area contributed by atoms with Crippen molar-refractivity contribution < 1.29 is 9.59 Å². The SMILES string of the molecule is NC[C@H]1CCC[C@H]1C(=O)N1CCN(c2ccc(C(N)=O)cc2)CC1. The summed E-state index contributed by atoms with van der Waals surface area (Å²) in [6, 6.07) is 7.33. The number of carbonyl (C=O) groups is 2. The fourth-order valence-electron chi connectivity index (χ4n) is 3.90. The Bertz CT molecular complexity index is 594. The van der Waals surface area contributed by atoms with Crippen LogP contribution in [0, 0.1) is 11.8 Å². The maximum Gasteiger partial charge on any atom is 0.248 e. The summed E-state index contributed by atoms with van der Waals surface area (Å²) >= 11 is 0. The molecule has 0 aromatic heterocycles. The van der Waals surface area contributed by atoms with Crippen molar-refractivity contribution in [2.24, 2.45) is 23.3 Å². The molecule has 6 heteroatoms. The number of anilines is 1.